The van der Waals surface area contributed by atoms with E-state index in [0.717, 1.165) is 26.7 Å². The van der Waals surface area contributed by atoms with Crippen molar-refractivity contribution in [1.29, 1.82) is 0 Å². The summed E-state index contributed by atoms with van der Waals surface area (Å²) in [5, 5.41) is 9.03. The van der Waals surface area contributed by atoms with Gasteiger partial charge in [-0.1, -0.05) is 101 Å². The number of halogens is 1. The first-order valence-corrected chi connectivity index (χ1v) is 15.4. The molecule has 1 heterocycles. The number of hydrogen-bond acceptors (Lipinski definition) is 6. The van der Waals surface area contributed by atoms with Crippen LogP contribution >= 0.6 is 15.9 Å². The number of ether oxygens (including phenoxy) is 2. The van der Waals surface area contributed by atoms with E-state index in [-0.39, 0.29) is 24.9 Å². The molecule has 5 rings (SSSR count). The summed E-state index contributed by atoms with van der Waals surface area (Å²) in [5.41, 5.74) is 8.66. The molecule has 1 aliphatic rings. The molecule has 0 saturated carbocycles. The highest BCUT2D eigenvalue weighted by molar-refractivity contribution is 9.10. The number of aliphatic hydroxyl groups excluding tert-OH is 1. The number of carbonyl (C=O) groups is 1. The summed E-state index contributed by atoms with van der Waals surface area (Å²) in [6.45, 7) is 4.92. The number of rotatable bonds is 14. The van der Waals surface area contributed by atoms with E-state index in [9.17, 15) is 4.79 Å². The molecule has 2 atom stereocenters. The molecule has 4 aromatic rings. The van der Waals surface area contributed by atoms with Crippen molar-refractivity contribution in [3.8, 4) is 5.75 Å². The van der Waals surface area contributed by atoms with Crippen LogP contribution in [0.3, 0.4) is 0 Å². The van der Waals surface area contributed by atoms with Crippen molar-refractivity contribution in [1.82, 2.24) is 10.9 Å². The van der Waals surface area contributed by atoms with Gasteiger partial charge < -0.3 is 14.6 Å². The van der Waals surface area contributed by atoms with Gasteiger partial charge in [-0.15, -0.1) is 6.58 Å². The summed E-state index contributed by atoms with van der Waals surface area (Å²) < 4.78 is 13.0. The van der Waals surface area contributed by atoms with Gasteiger partial charge in [0.1, 0.15) is 5.75 Å². The van der Waals surface area contributed by atoms with Crippen molar-refractivity contribution in [2.24, 2.45) is 4.99 Å². The number of aliphatic hydroxyl groups is 1. The third kappa shape index (κ3) is 7.10. The van der Waals surface area contributed by atoms with Crippen LogP contribution in [0.2, 0.25) is 0 Å². The maximum absolute atomic E-state index is 14.2. The summed E-state index contributed by atoms with van der Waals surface area (Å²) in [7, 11) is 0. The second kappa shape index (κ2) is 15.0. The molecule has 0 bridgehead atoms. The van der Waals surface area contributed by atoms with Crippen LogP contribution in [0.15, 0.2) is 131 Å². The second-order valence-electron chi connectivity index (χ2n) is 10.5. The van der Waals surface area contributed by atoms with Crippen molar-refractivity contribution in [2.45, 2.75) is 30.4 Å². The van der Waals surface area contributed by atoms with Crippen LogP contribution in [0.4, 0.5) is 0 Å². The Hall–Kier alpha value is -4.24. The smallest absolute Gasteiger partial charge is 0.266 e. The number of nitrogens with zero attached hydrogens (tertiary/aromatic N) is 1. The number of benzene rings is 4. The minimum Gasteiger partial charge on any atom is -0.494 e. The molecule has 4 aromatic carbocycles. The van der Waals surface area contributed by atoms with Gasteiger partial charge in [0.2, 0.25) is 5.90 Å². The summed E-state index contributed by atoms with van der Waals surface area (Å²) in [6.07, 6.45) is 1.79. The van der Waals surface area contributed by atoms with E-state index in [2.05, 4.69) is 57.6 Å². The molecule has 44 heavy (non-hydrogen) atoms. The van der Waals surface area contributed by atoms with Gasteiger partial charge >= 0.3 is 0 Å². The highest BCUT2D eigenvalue weighted by atomic mass is 79.9. The Balaban J connectivity index is 1.42. The first-order valence-electron chi connectivity index (χ1n) is 14.6. The molecule has 0 saturated heterocycles. The van der Waals surface area contributed by atoms with E-state index in [0.29, 0.717) is 31.2 Å². The molecule has 226 valence electrons. The summed E-state index contributed by atoms with van der Waals surface area (Å²) >= 11 is 3.66. The Morgan fingerprint density at radius 3 is 2.23 bits per heavy atom. The van der Waals surface area contributed by atoms with Crippen LogP contribution in [-0.2, 0) is 9.53 Å². The van der Waals surface area contributed by atoms with E-state index in [1.165, 1.54) is 0 Å². The maximum Gasteiger partial charge on any atom is 0.266 e. The number of hydrazine groups is 1. The minimum absolute atomic E-state index is 0.0177. The Bertz CT molecular complexity index is 1520. The lowest BCUT2D eigenvalue weighted by Crippen LogP contribution is -2.53. The standard InChI is InChI=1S/C36H36BrN3O4/c1-2-22-36(35(42)40-38-25-31(26-12-5-3-6-13-26)27-14-7-4-8-15-27)33(30-16-9-10-17-32(30)37)44-34(39-36)28-18-20-29(21-19-28)43-24-11-23-41/h2-10,12-21,31,33,38,41H,1,11,22-25H2,(H,40,42)/t33-,36-/m0/s1. The molecule has 1 aliphatic heterocycles. The average molecular weight is 655 g/mol. The molecule has 0 fully saturated rings. The van der Waals surface area contributed by atoms with Crippen molar-refractivity contribution in [3.63, 3.8) is 0 Å². The highest BCUT2D eigenvalue weighted by Gasteiger charge is 2.53. The van der Waals surface area contributed by atoms with E-state index < -0.39 is 11.6 Å². The highest BCUT2D eigenvalue weighted by Crippen LogP contribution is 2.44. The lowest BCUT2D eigenvalue weighted by molar-refractivity contribution is -0.129. The molecular formula is C36H36BrN3O4. The maximum atomic E-state index is 14.2. The summed E-state index contributed by atoms with van der Waals surface area (Å²) in [4.78, 5) is 19.2. The van der Waals surface area contributed by atoms with E-state index in [4.69, 9.17) is 19.6 Å². The minimum atomic E-state index is -1.32. The summed E-state index contributed by atoms with van der Waals surface area (Å²) in [6, 6.07) is 35.5. The SMILES string of the molecule is C=CC[C@]1(C(=O)NNCC(c2ccccc2)c2ccccc2)N=C(c2ccc(OCCCO)cc2)O[C@H]1c1ccccc1Br. The molecule has 3 N–H and O–H groups in total. The Labute approximate surface area is 266 Å². The number of aliphatic imine (C=N–C) groups is 1. The van der Waals surface area contributed by atoms with E-state index in [1.54, 1.807) is 6.08 Å². The fourth-order valence-electron chi connectivity index (χ4n) is 5.34. The second-order valence-corrected chi connectivity index (χ2v) is 11.4. The number of nitrogens with one attached hydrogen (secondary N) is 2. The zero-order chi connectivity index (χ0) is 30.8. The quantitative estimate of drug-likeness (QED) is 0.0821. The molecule has 0 radical (unpaired) electrons. The first kappa shape index (κ1) is 31.2. The Kier molecular flexibility index (Phi) is 10.6. The van der Waals surface area contributed by atoms with Crippen molar-refractivity contribution in [3.05, 3.63) is 149 Å². The average Bonchev–Trinajstić information content (AvgIpc) is 3.45. The first-order chi connectivity index (χ1) is 21.6. The van der Waals surface area contributed by atoms with Gasteiger partial charge in [-0.3, -0.25) is 10.2 Å². The molecule has 0 unspecified atom stereocenters. The van der Waals surface area contributed by atoms with Crippen LogP contribution in [0.25, 0.3) is 0 Å². The summed E-state index contributed by atoms with van der Waals surface area (Å²) in [5.74, 6) is 0.728. The van der Waals surface area contributed by atoms with Gasteiger partial charge in [0.15, 0.2) is 11.6 Å². The topological polar surface area (TPSA) is 92.2 Å². The molecule has 0 aliphatic carbocycles. The van der Waals surface area contributed by atoms with Crippen molar-refractivity contribution >= 4 is 27.7 Å². The van der Waals surface area contributed by atoms with Gasteiger partial charge in [0.25, 0.3) is 5.91 Å². The van der Waals surface area contributed by atoms with Gasteiger partial charge in [-0.2, -0.15) is 0 Å². The van der Waals surface area contributed by atoms with Crippen LogP contribution in [0.1, 0.15) is 47.1 Å². The van der Waals surface area contributed by atoms with Crippen molar-refractivity contribution in [2.75, 3.05) is 19.8 Å². The van der Waals surface area contributed by atoms with Gasteiger partial charge in [0.05, 0.1) is 6.61 Å². The Morgan fingerprint density at radius 1 is 0.977 bits per heavy atom. The number of hydrogen-bond donors (Lipinski definition) is 3. The van der Waals surface area contributed by atoms with Crippen LogP contribution < -0.4 is 15.6 Å². The van der Waals surface area contributed by atoms with Crippen LogP contribution in [0, 0.1) is 0 Å². The van der Waals surface area contributed by atoms with Crippen LogP contribution in [0.5, 0.6) is 5.75 Å². The van der Waals surface area contributed by atoms with Gasteiger partial charge in [-0.05, 0) is 41.5 Å². The van der Waals surface area contributed by atoms with Crippen molar-refractivity contribution < 1.29 is 19.4 Å². The van der Waals surface area contributed by atoms with Gasteiger partial charge in [0, 0.05) is 47.5 Å². The molecule has 0 aromatic heterocycles. The number of carbonyl (C=O) groups excluding carboxylic acids is 1. The molecule has 1 amide bonds. The largest absolute Gasteiger partial charge is 0.494 e. The fraction of sp³-hybridized carbons (Fsp3) is 0.222. The van der Waals surface area contributed by atoms with Crippen LogP contribution in [-0.4, -0.2) is 42.2 Å². The Morgan fingerprint density at radius 2 is 1.61 bits per heavy atom. The van der Waals surface area contributed by atoms with E-state index in [1.807, 2.05) is 84.9 Å². The van der Waals surface area contributed by atoms with Gasteiger partial charge in [-0.25, -0.2) is 10.4 Å². The molecule has 8 heteroatoms. The molecule has 7 nitrogen and oxygen atoms in total. The monoisotopic (exact) mass is 653 g/mol. The predicted octanol–water partition coefficient (Wildman–Crippen LogP) is 6.50. The van der Waals surface area contributed by atoms with E-state index >= 15 is 0 Å². The lowest BCUT2D eigenvalue weighted by atomic mass is 9.84. The third-order valence-corrected chi connectivity index (χ3v) is 8.31. The molecular weight excluding hydrogens is 618 g/mol. The lowest BCUT2D eigenvalue weighted by Gasteiger charge is -2.30. The zero-order valence-electron chi connectivity index (χ0n) is 24.4. The molecule has 0 spiro atoms. The third-order valence-electron chi connectivity index (χ3n) is 7.59. The fourth-order valence-corrected chi connectivity index (χ4v) is 5.83. The predicted molar refractivity (Wildman–Crippen MR) is 177 cm³/mol. The normalized spacial score (nSPS) is 17.5. The number of amides is 1. The zero-order valence-corrected chi connectivity index (χ0v) is 26.0.